The number of ether oxygens (including phenoxy) is 2. The molecule has 212 valence electrons. The SMILES string of the molecule is CCO[C@H]1OC(C(=O)N2CCN(Cc3ccccc3)CC2)=C[C@@H](c2cn(C(C)=O)c3ccccc23)[C@H]1CCCO. The molecule has 3 aromatic rings. The summed E-state index contributed by atoms with van der Waals surface area (Å²) in [6.07, 6.45) is 4.41. The van der Waals surface area contributed by atoms with Gasteiger partial charge in [0.1, 0.15) is 0 Å². The van der Waals surface area contributed by atoms with Gasteiger partial charge in [0, 0.05) is 76.3 Å². The number of rotatable bonds is 9. The minimum Gasteiger partial charge on any atom is -0.459 e. The third-order valence-electron chi connectivity index (χ3n) is 7.97. The average molecular weight is 546 g/mol. The zero-order valence-electron chi connectivity index (χ0n) is 23.4. The number of benzene rings is 2. The van der Waals surface area contributed by atoms with E-state index in [1.54, 1.807) is 11.5 Å². The second-order valence-corrected chi connectivity index (χ2v) is 10.6. The predicted molar refractivity (Wildman–Crippen MR) is 154 cm³/mol. The molecule has 1 N–H and O–H groups in total. The van der Waals surface area contributed by atoms with Crippen molar-refractivity contribution in [1.82, 2.24) is 14.4 Å². The molecular weight excluding hydrogens is 506 g/mol. The Morgan fingerprint density at radius 1 is 1.02 bits per heavy atom. The quantitative estimate of drug-likeness (QED) is 0.429. The molecule has 40 heavy (non-hydrogen) atoms. The molecule has 0 unspecified atom stereocenters. The number of nitrogens with zero attached hydrogens (tertiary/aromatic N) is 3. The van der Waals surface area contributed by atoms with Gasteiger partial charge in [0.15, 0.2) is 5.76 Å². The van der Waals surface area contributed by atoms with Crippen LogP contribution in [0.15, 0.2) is 72.6 Å². The summed E-state index contributed by atoms with van der Waals surface area (Å²) < 4.78 is 14.0. The first-order valence-electron chi connectivity index (χ1n) is 14.3. The van der Waals surface area contributed by atoms with Crippen LogP contribution in [0, 0.1) is 5.92 Å². The molecule has 1 saturated heterocycles. The van der Waals surface area contributed by atoms with Crippen molar-refractivity contribution in [3.8, 4) is 0 Å². The second-order valence-electron chi connectivity index (χ2n) is 10.6. The van der Waals surface area contributed by atoms with Crippen LogP contribution in [0.25, 0.3) is 10.9 Å². The third-order valence-corrected chi connectivity index (χ3v) is 7.97. The van der Waals surface area contributed by atoms with Crippen LogP contribution in [-0.4, -0.2) is 77.0 Å². The molecule has 3 heterocycles. The van der Waals surface area contributed by atoms with E-state index in [0.29, 0.717) is 38.3 Å². The molecule has 0 radical (unpaired) electrons. The van der Waals surface area contributed by atoms with Gasteiger partial charge in [-0.15, -0.1) is 0 Å². The van der Waals surface area contributed by atoms with Crippen LogP contribution in [0.3, 0.4) is 0 Å². The maximum atomic E-state index is 13.8. The van der Waals surface area contributed by atoms with Gasteiger partial charge in [-0.1, -0.05) is 48.5 Å². The minimum atomic E-state index is -0.635. The van der Waals surface area contributed by atoms with Crippen molar-refractivity contribution in [2.75, 3.05) is 39.4 Å². The molecule has 0 aliphatic carbocycles. The second kappa shape index (κ2) is 12.8. The summed E-state index contributed by atoms with van der Waals surface area (Å²) in [7, 11) is 0. The predicted octanol–water partition coefficient (Wildman–Crippen LogP) is 4.39. The molecule has 8 heteroatoms. The molecule has 5 rings (SSSR count). The van der Waals surface area contributed by atoms with Gasteiger partial charge in [-0.3, -0.25) is 19.1 Å². The highest BCUT2D eigenvalue weighted by molar-refractivity contribution is 5.95. The Kier molecular flexibility index (Phi) is 8.99. The Labute approximate surface area is 235 Å². The molecule has 0 spiro atoms. The fourth-order valence-corrected chi connectivity index (χ4v) is 5.95. The third kappa shape index (κ3) is 5.99. The van der Waals surface area contributed by atoms with Crippen molar-refractivity contribution in [2.24, 2.45) is 5.92 Å². The molecule has 8 nitrogen and oxygen atoms in total. The van der Waals surface area contributed by atoms with E-state index in [1.807, 2.05) is 54.4 Å². The smallest absolute Gasteiger partial charge is 0.288 e. The summed E-state index contributed by atoms with van der Waals surface area (Å²) >= 11 is 0. The van der Waals surface area contributed by atoms with Crippen LogP contribution < -0.4 is 0 Å². The molecule has 1 fully saturated rings. The highest BCUT2D eigenvalue weighted by Gasteiger charge is 2.40. The minimum absolute atomic E-state index is 0.0556. The monoisotopic (exact) mass is 545 g/mol. The van der Waals surface area contributed by atoms with E-state index in [-0.39, 0.29) is 30.3 Å². The van der Waals surface area contributed by atoms with E-state index in [0.717, 1.165) is 36.1 Å². The lowest BCUT2D eigenvalue weighted by Gasteiger charge is -2.39. The first-order valence-corrected chi connectivity index (χ1v) is 14.3. The van der Waals surface area contributed by atoms with Gasteiger partial charge < -0.3 is 19.5 Å². The van der Waals surface area contributed by atoms with Gasteiger partial charge in [-0.2, -0.15) is 0 Å². The number of fused-ring (bicyclic) bond motifs is 1. The summed E-state index contributed by atoms with van der Waals surface area (Å²) in [5.41, 5.74) is 3.06. The van der Waals surface area contributed by atoms with Crippen molar-refractivity contribution in [1.29, 1.82) is 0 Å². The number of carbonyl (C=O) groups is 2. The molecule has 2 aliphatic heterocycles. The van der Waals surface area contributed by atoms with Gasteiger partial charge in [-0.05, 0) is 43.0 Å². The summed E-state index contributed by atoms with van der Waals surface area (Å²) in [5, 5.41) is 10.6. The van der Waals surface area contributed by atoms with E-state index >= 15 is 0 Å². The van der Waals surface area contributed by atoms with Gasteiger partial charge in [0.25, 0.3) is 5.91 Å². The van der Waals surface area contributed by atoms with Crippen molar-refractivity contribution >= 4 is 22.7 Å². The highest BCUT2D eigenvalue weighted by atomic mass is 16.7. The first kappa shape index (κ1) is 28.1. The normalized spacial score (nSPS) is 21.7. The first-order chi connectivity index (χ1) is 19.5. The van der Waals surface area contributed by atoms with Gasteiger partial charge in [0.05, 0.1) is 5.52 Å². The number of hydrogen-bond donors (Lipinski definition) is 1. The molecule has 1 amide bonds. The number of carbonyl (C=O) groups excluding carboxylic acids is 2. The Bertz CT molecular complexity index is 1340. The summed E-state index contributed by atoms with van der Waals surface area (Å²) in [6, 6.07) is 18.2. The van der Waals surface area contributed by atoms with Crippen LogP contribution in [0.1, 0.15) is 48.5 Å². The molecule has 2 aromatic carbocycles. The zero-order valence-corrected chi connectivity index (χ0v) is 23.4. The number of para-hydroxylation sites is 1. The zero-order chi connectivity index (χ0) is 28.1. The number of aliphatic hydroxyl groups is 1. The lowest BCUT2D eigenvalue weighted by molar-refractivity contribution is -0.171. The van der Waals surface area contributed by atoms with Crippen molar-refractivity contribution in [3.05, 3.63) is 83.8 Å². The molecule has 2 aliphatic rings. The summed E-state index contributed by atoms with van der Waals surface area (Å²) in [4.78, 5) is 30.5. The standard InChI is InChI=1S/C32H39N3O5/c1-3-39-32-26(13-9-19-36)27(28-22-35(23(2)37)29-14-8-7-12-25(28)29)20-30(40-32)31(38)34-17-15-33(16-18-34)21-24-10-5-4-6-11-24/h4-8,10-12,14,20,22,26-27,32,36H,3,9,13,15-19,21H2,1-2H3/t26-,27-,32+/m1/s1. The van der Waals surface area contributed by atoms with Crippen LogP contribution >= 0.6 is 0 Å². The maximum Gasteiger partial charge on any atom is 0.288 e. The number of aliphatic hydroxyl groups excluding tert-OH is 1. The largest absolute Gasteiger partial charge is 0.459 e. The van der Waals surface area contributed by atoms with Crippen LogP contribution in [0.4, 0.5) is 0 Å². The Morgan fingerprint density at radius 3 is 2.45 bits per heavy atom. The molecule has 1 aromatic heterocycles. The van der Waals surface area contributed by atoms with E-state index in [9.17, 15) is 14.7 Å². The van der Waals surface area contributed by atoms with Crippen LogP contribution in [0.2, 0.25) is 0 Å². The Morgan fingerprint density at radius 2 is 1.75 bits per heavy atom. The lowest BCUT2D eigenvalue weighted by atomic mass is 9.80. The molecule has 3 atom stereocenters. The Balaban J connectivity index is 1.43. The summed E-state index contributed by atoms with van der Waals surface area (Å²) in [5.74, 6) is -0.264. The highest BCUT2D eigenvalue weighted by Crippen LogP contribution is 2.42. The number of piperazine rings is 1. The van der Waals surface area contributed by atoms with Gasteiger partial charge in [-0.25, -0.2) is 0 Å². The van der Waals surface area contributed by atoms with Crippen LogP contribution in [-0.2, 0) is 20.8 Å². The van der Waals surface area contributed by atoms with E-state index in [1.165, 1.54) is 5.56 Å². The lowest BCUT2D eigenvalue weighted by Crippen LogP contribution is -2.49. The fourth-order valence-electron chi connectivity index (χ4n) is 5.95. The number of aromatic nitrogens is 1. The molecule has 0 bridgehead atoms. The topological polar surface area (TPSA) is 84.2 Å². The summed E-state index contributed by atoms with van der Waals surface area (Å²) in [6.45, 7) is 7.63. The van der Waals surface area contributed by atoms with Gasteiger partial charge in [0.2, 0.25) is 12.2 Å². The number of allylic oxidation sites excluding steroid dienone is 1. The van der Waals surface area contributed by atoms with E-state index in [2.05, 4.69) is 29.2 Å². The van der Waals surface area contributed by atoms with Crippen molar-refractivity contribution in [2.45, 2.75) is 45.4 Å². The maximum absolute atomic E-state index is 13.8. The van der Waals surface area contributed by atoms with Crippen molar-refractivity contribution < 1.29 is 24.2 Å². The average Bonchev–Trinajstić information content (AvgIpc) is 3.37. The Hall–Kier alpha value is -3.46. The number of hydrogen-bond acceptors (Lipinski definition) is 6. The van der Waals surface area contributed by atoms with Crippen molar-refractivity contribution in [3.63, 3.8) is 0 Å². The molecule has 0 saturated carbocycles. The molecular formula is C32H39N3O5. The van der Waals surface area contributed by atoms with Gasteiger partial charge >= 0.3 is 0 Å². The van der Waals surface area contributed by atoms with E-state index in [4.69, 9.17) is 9.47 Å². The number of amides is 1. The fraction of sp³-hybridized carbons (Fsp3) is 0.438. The van der Waals surface area contributed by atoms with E-state index < -0.39 is 6.29 Å². The van der Waals surface area contributed by atoms with Crippen LogP contribution in [0.5, 0.6) is 0 Å².